The van der Waals surface area contributed by atoms with Crippen LogP contribution in [0.2, 0.25) is 0 Å². The number of pyridine rings is 1. The summed E-state index contributed by atoms with van der Waals surface area (Å²) in [5.41, 5.74) is 9.14. The molecule has 2 aromatic heterocycles. The Morgan fingerprint density at radius 3 is 2.84 bits per heavy atom. The lowest BCUT2D eigenvalue weighted by atomic mass is 10.1. The lowest BCUT2D eigenvalue weighted by molar-refractivity contribution is -0.119. The second-order valence-corrected chi connectivity index (χ2v) is 5.84. The van der Waals surface area contributed by atoms with Gasteiger partial charge in [0.05, 0.1) is 18.0 Å². The molecule has 1 aromatic carbocycles. The number of hydrogen-bond acceptors (Lipinski definition) is 5. The van der Waals surface area contributed by atoms with Crippen molar-refractivity contribution in [1.29, 1.82) is 0 Å². The van der Waals surface area contributed by atoms with Crippen LogP contribution >= 0.6 is 0 Å². The van der Waals surface area contributed by atoms with Crippen LogP contribution in [0.1, 0.15) is 12.5 Å². The first-order chi connectivity index (χ1) is 12.0. The maximum atomic E-state index is 10.9. The van der Waals surface area contributed by atoms with E-state index in [1.807, 2.05) is 47.8 Å². The normalized spacial score (nSPS) is 10.8. The summed E-state index contributed by atoms with van der Waals surface area (Å²) in [6.45, 7) is 1.94. The van der Waals surface area contributed by atoms with Gasteiger partial charge in [-0.15, -0.1) is 0 Å². The summed E-state index contributed by atoms with van der Waals surface area (Å²) in [6.07, 6.45) is 4.37. The number of nitrogens with two attached hydrogens (primary N) is 1. The standard InChI is InChI=1S/C18H21N5O2/c1-4-12-7-13(25-10-17(19)24)5-6-15(12)23(3)18-8-16-14(9-20-18)21-11-22(16)2/h5-9,11H,4,10H2,1-3H3,(H2,19,24). The third-order valence-corrected chi connectivity index (χ3v) is 4.12. The van der Waals surface area contributed by atoms with Gasteiger partial charge in [-0.25, -0.2) is 9.97 Å². The zero-order valence-electron chi connectivity index (χ0n) is 14.6. The average Bonchev–Trinajstić information content (AvgIpc) is 2.99. The van der Waals surface area contributed by atoms with Crippen LogP contribution < -0.4 is 15.4 Å². The lowest BCUT2D eigenvalue weighted by Gasteiger charge is -2.22. The van der Waals surface area contributed by atoms with Gasteiger partial charge >= 0.3 is 0 Å². The number of aromatic nitrogens is 3. The molecule has 0 spiro atoms. The van der Waals surface area contributed by atoms with Crippen LogP contribution in [-0.4, -0.2) is 34.1 Å². The largest absolute Gasteiger partial charge is 0.484 e. The van der Waals surface area contributed by atoms with Crippen LogP contribution in [0.3, 0.4) is 0 Å². The number of hydrogen-bond donors (Lipinski definition) is 1. The SMILES string of the molecule is CCc1cc(OCC(N)=O)ccc1N(C)c1cc2c(cn1)ncn2C. The van der Waals surface area contributed by atoms with Crippen LogP contribution in [-0.2, 0) is 18.3 Å². The number of carbonyl (C=O) groups is 1. The van der Waals surface area contributed by atoms with Gasteiger partial charge in [0.2, 0.25) is 0 Å². The Bertz CT molecular complexity index is 919. The summed E-state index contributed by atoms with van der Waals surface area (Å²) in [6, 6.07) is 7.73. The molecule has 0 fully saturated rings. The summed E-state index contributed by atoms with van der Waals surface area (Å²) in [5, 5.41) is 0. The van der Waals surface area contributed by atoms with Crippen molar-refractivity contribution in [2.45, 2.75) is 13.3 Å². The third-order valence-electron chi connectivity index (χ3n) is 4.12. The highest BCUT2D eigenvalue weighted by atomic mass is 16.5. The first kappa shape index (κ1) is 16.8. The average molecular weight is 339 g/mol. The minimum absolute atomic E-state index is 0.128. The van der Waals surface area contributed by atoms with E-state index in [4.69, 9.17) is 10.5 Å². The second-order valence-electron chi connectivity index (χ2n) is 5.84. The number of fused-ring (bicyclic) bond motifs is 1. The van der Waals surface area contributed by atoms with Crippen LogP contribution in [0.5, 0.6) is 5.75 Å². The Kier molecular flexibility index (Phi) is 4.56. The molecule has 3 rings (SSSR count). The molecule has 25 heavy (non-hydrogen) atoms. The summed E-state index contributed by atoms with van der Waals surface area (Å²) in [5.74, 6) is 0.965. The third kappa shape index (κ3) is 3.40. The zero-order valence-corrected chi connectivity index (χ0v) is 14.6. The highest BCUT2D eigenvalue weighted by Gasteiger charge is 2.13. The molecular weight excluding hydrogens is 318 g/mol. The molecule has 130 valence electrons. The smallest absolute Gasteiger partial charge is 0.255 e. The molecule has 0 aliphatic heterocycles. The van der Waals surface area contributed by atoms with E-state index in [0.717, 1.165) is 34.5 Å². The molecular formula is C18H21N5O2. The van der Waals surface area contributed by atoms with Crippen molar-refractivity contribution in [3.63, 3.8) is 0 Å². The maximum absolute atomic E-state index is 10.9. The molecule has 7 heteroatoms. The first-order valence-electron chi connectivity index (χ1n) is 8.04. The number of anilines is 2. The Balaban J connectivity index is 1.93. The van der Waals surface area contributed by atoms with Gasteiger partial charge in [-0.05, 0) is 30.2 Å². The molecule has 0 aliphatic rings. The van der Waals surface area contributed by atoms with Crippen molar-refractivity contribution >= 4 is 28.4 Å². The van der Waals surface area contributed by atoms with E-state index < -0.39 is 5.91 Å². The van der Waals surface area contributed by atoms with E-state index in [0.29, 0.717) is 5.75 Å². The Morgan fingerprint density at radius 2 is 2.12 bits per heavy atom. The summed E-state index contributed by atoms with van der Waals surface area (Å²) in [4.78, 5) is 21.7. The van der Waals surface area contributed by atoms with Crippen LogP contribution in [0.15, 0.2) is 36.8 Å². The van der Waals surface area contributed by atoms with Gasteiger partial charge in [0.15, 0.2) is 6.61 Å². The number of imidazole rings is 1. The Morgan fingerprint density at radius 1 is 1.32 bits per heavy atom. The van der Waals surface area contributed by atoms with Crippen molar-refractivity contribution in [2.24, 2.45) is 12.8 Å². The van der Waals surface area contributed by atoms with Gasteiger partial charge in [0, 0.05) is 25.8 Å². The van der Waals surface area contributed by atoms with Crippen molar-refractivity contribution in [1.82, 2.24) is 14.5 Å². The number of rotatable bonds is 6. The fourth-order valence-electron chi connectivity index (χ4n) is 2.74. The van der Waals surface area contributed by atoms with Crippen LogP contribution in [0, 0.1) is 0 Å². The number of nitrogens with zero attached hydrogens (tertiary/aromatic N) is 4. The zero-order chi connectivity index (χ0) is 18.0. The molecule has 0 saturated heterocycles. The van der Waals surface area contributed by atoms with E-state index in [1.54, 1.807) is 12.5 Å². The van der Waals surface area contributed by atoms with Crippen molar-refractivity contribution in [2.75, 3.05) is 18.6 Å². The predicted octanol–water partition coefficient (Wildman–Crippen LogP) is 2.16. The summed E-state index contributed by atoms with van der Waals surface area (Å²) >= 11 is 0. The molecule has 2 heterocycles. The minimum atomic E-state index is -0.493. The van der Waals surface area contributed by atoms with E-state index in [-0.39, 0.29) is 6.61 Å². The van der Waals surface area contributed by atoms with E-state index in [2.05, 4.69) is 16.9 Å². The maximum Gasteiger partial charge on any atom is 0.255 e. The fraction of sp³-hybridized carbons (Fsp3) is 0.278. The molecule has 0 unspecified atom stereocenters. The van der Waals surface area contributed by atoms with E-state index >= 15 is 0 Å². The quantitative estimate of drug-likeness (QED) is 0.744. The number of aryl methyl sites for hydroxylation is 2. The monoisotopic (exact) mass is 339 g/mol. The number of primary amides is 1. The highest BCUT2D eigenvalue weighted by molar-refractivity contribution is 5.79. The highest BCUT2D eigenvalue weighted by Crippen LogP contribution is 2.30. The van der Waals surface area contributed by atoms with Gasteiger partial charge in [-0.2, -0.15) is 0 Å². The fourth-order valence-corrected chi connectivity index (χ4v) is 2.74. The van der Waals surface area contributed by atoms with Gasteiger partial charge < -0.3 is 19.9 Å². The molecule has 3 aromatic rings. The van der Waals surface area contributed by atoms with E-state index in [9.17, 15) is 4.79 Å². The number of amides is 1. The lowest BCUT2D eigenvalue weighted by Crippen LogP contribution is -2.20. The molecule has 7 nitrogen and oxygen atoms in total. The van der Waals surface area contributed by atoms with Gasteiger partial charge in [-0.3, -0.25) is 4.79 Å². The summed E-state index contributed by atoms with van der Waals surface area (Å²) < 4.78 is 7.36. The Labute approximate surface area is 146 Å². The molecule has 0 atom stereocenters. The van der Waals surface area contributed by atoms with Crippen molar-refractivity contribution in [3.8, 4) is 5.75 Å². The second kappa shape index (κ2) is 6.80. The topological polar surface area (TPSA) is 86.3 Å². The van der Waals surface area contributed by atoms with Crippen molar-refractivity contribution in [3.05, 3.63) is 42.4 Å². The van der Waals surface area contributed by atoms with E-state index in [1.165, 1.54) is 0 Å². The molecule has 1 amide bonds. The van der Waals surface area contributed by atoms with Crippen LogP contribution in [0.4, 0.5) is 11.5 Å². The molecule has 0 bridgehead atoms. The Hall–Kier alpha value is -3.09. The molecule has 0 aliphatic carbocycles. The van der Waals surface area contributed by atoms with Crippen LogP contribution in [0.25, 0.3) is 11.0 Å². The molecule has 0 radical (unpaired) electrons. The van der Waals surface area contributed by atoms with Gasteiger partial charge in [0.1, 0.15) is 17.1 Å². The first-order valence-corrected chi connectivity index (χ1v) is 8.04. The summed E-state index contributed by atoms with van der Waals surface area (Å²) in [7, 11) is 3.93. The van der Waals surface area contributed by atoms with Gasteiger partial charge in [0.25, 0.3) is 5.91 Å². The predicted molar refractivity (Wildman–Crippen MR) is 97.1 cm³/mol. The number of carbonyl (C=O) groups excluding carboxylic acids is 1. The molecule has 2 N–H and O–H groups in total. The number of benzene rings is 1. The molecule has 0 saturated carbocycles. The van der Waals surface area contributed by atoms with Crippen molar-refractivity contribution < 1.29 is 9.53 Å². The van der Waals surface area contributed by atoms with Gasteiger partial charge in [-0.1, -0.05) is 6.92 Å². The number of ether oxygens (including phenoxy) is 1. The minimum Gasteiger partial charge on any atom is -0.484 e.